The Hall–Kier alpha value is -1.92. The predicted molar refractivity (Wildman–Crippen MR) is 85.0 cm³/mol. The van der Waals surface area contributed by atoms with Crippen molar-refractivity contribution in [2.75, 3.05) is 17.2 Å². The van der Waals surface area contributed by atoms with Crippen LogP contribution in [0.15, 0.2) is 42.5 Å². The molecule has 122 valence electrons. The van der Waals surface area contributed by atoms with Crippen LogP contribution in [-0.4, -0.2) is 12.5 Å². The summed E-state index contributed by atoms with van der Waals surface area (Å²) in [6.45, 7) is -0.0856. The van der Waals surface area contributed by atoms with Gasteiger partial charge in [0.2, 0.25) is 5.91 Å². The summed E-state index contributed by atoms with van der Waals surface area (Å²) < 4.78 is 37.3. The topological polar surface area (TPSA) is 41.1 Å². The van der Waals surface area contributed by atoms with E-state index in [9.17, 15) is 18.0 Å². The maximum atomic E-state index is 12.4. The minimum atomic E-state index is -4.41. The maximum Gasteiger partial charge on any atom is 0.416 e. The van der Waals surface area contributed by atoms with Crippen LogP contribution in [-0.2, 0) is 11.0 Å². The fourth-order valence-electron chi connectivity index (χ4n) is 1.79. The molecule has 0 aliphatic rings. The van der Waals surface area contributed by atoms with Crippen LogP contribution in [0.3, 0.4) is 0 Å². The molecule has 0 atom stereocenters. The number of anilines is 2. The van der Waals surface area contributed by atoms with Crippen LogP contribution in [0.1, 0.15) is 5.56 Å². The molecule has 0 aromatic heterocycles. The molecular weight excluding hydrogens is 352 g/mol. The number of carbonyl (C=O) groups is 1. The lowest BCUT2D eigenvalue weighted by Crippen LogP contribution is -2.21. The second-order valence-corrected chi connectivity index (χ2v) is 5.51. The molecule has 0 saturated carbocycles. The Kier molecular flexibility index (Phi) is 5.38. The van der Waals surface area contributed by atoms with Gasteiger partial charge in [-0.2, -0.15) is 13.2 Å². The smallest absolute Gasteiger partial charge is 0.376 e. The lowest BCUT2D eigenvalue weighted by atomic mass is 10.2. The van der Waals surface area contributed by atoms with E-state index >= 15 is 0 Å². The van der Waals surface area contributed by atoms with Crippen LogP contribution in [0, 0.1) is 0 Å². The molecule has 0 unspecified atom stereocenters. The van der Waals surface area contributed by atoms with E-state index in [1.54, 1.807) is 18.2 Å². The third kappa shape index (κ3) is 5.33. The van der Waals surface area contributed by atoms with Crippen LogP contribution in [0.5, 0.6) is 0 Å². The number of benzene rings is 2. The van der Waals surface area contributed by atoms with Gasteiger partial charge in [0.1, 0.15) is 0 Å². The average molecular weight is 363 g/mol. The second kappa shape index (κ2) is 7.10. The first-order valence-electron chi connectivity index (χ1n) is 6.41. The first kappa shape index (κ1) is 17.4. The van der Waals surface area contributed by atoms with Gasteiger partial charge in [-0.15, -0.1) is 0 Å². The standard InChI is InChI=1S/C15H11Cl2F3N2O/c16-10-5-11(17)7-13(6-10)21-8-14(23)22-12-3-1-9(2-4-12)15(18,19)20/h1-7,21H,8H2,(H,22,23). The number of hydrogen-bond acceptors (Lipinski definition) is 2. The van der Waals surface area contributed by atoms with Gasteiger partial charge in [-0.25, -0.2) is 0 Å². The Morgan fingerprint density at radius 3 is 2.04 bits per heavy atom. The van der Waals surface area contributed by atoms with Gasteiger partial charge in [-0.05, 0) is 42.5 Å². The number of nitrogens with one attached hydrogen (secondary N) is 2. The van der Waals surface area contributed by atoms with Gasteiger partial charge in [0.15, 0.2) is 0 Å². The third-order valence-electron chi connectivity index (χ3n) is 2.81. The molecule has 0 saturated heterocycles. The summed E-state index contributed by atoms with van der Waals surface area (Å²) >= 11 is 11.7. The molecule has 0 radical (unpaired) electrons. The van der Waals surface area contributed by atoms with Gasteiger partial charge in [-0.3, -0.25) is 4.79 Å². The highest BCUT2D eigenvalue weighted by atomic mass is 35.5. The number of hydrogen-bond donors (Lipinski definition) is 2. The number of rotatable bonds is 4. The first-order valence-corrected chi connectivity index (χ1v) is 7.17. The maximum absolute atomic E-state index is 12.4. The van der Waals surface area contributed by atoms with Crippen molar-refractivity contribution < 1.29 is 18.0 Å². The van der Waals surface area contributed by atoms with Gasteiger partial charge < -0.3 is 10.6 Å². The molecule has 0 spiro atoms. The van der Waals surface area contributed by atoms with Crippen molar-refractivity contribution in [3.8, 4) is 0 Å². The Labute approximate surface area is 140 Å². The van der Waals surface area contributed by atoms with Gasteiger partial charge in [0, 0.05) is 21.4 Å². The predicted octanol–water partition coefficient (Wildman–Crippen LogP) is 5.06. The van der Waals surface area contributed by atoms with E-state index in [-0.39, 0.29) is 12.2 Å². The van der Waals surface area contributed by atoms with Crippen LogP contribution in [0.4, 0.5) is 24.5 Å². The normalized spacial score (nSPS) is 11.2. The van der Waals surface area contributed by atoms with Crippen molar-refractivity contribution in [2.45, 2.75) is 6.18 Å². The third-order valence-corrected chi connectivity index (χ3v) is 3.25. The summed E-state index contributed by atoms with van der Waals surface area (Å²) in [5, 5.41) is 6.15. The largest absolute Gasteiger partial charge is 0.416 e. The molecule has 0 aliphatic heterocycles. The Morgan fingerprint density at radius 2 is 1.52 bits per heavy atom. The van der Waals surface area contributed by atoms with E-state index < -0.39 is 17.6 Å². The highest BCUT2D eigenvalue weighted by molar-refractivity contribution is 6.35. The Morgan fingerprint density at radius 1 is 0.957 bits per heavy atom. The van der Waals surface area contributed by atoms with E-state index in [1.165, 1.54) is 12.1 Å². The molecule has 0 fully saturated rings. The minimum Gasteiger partial charge on any atom is -0.376 e. The average Bonchev–Trinajstić information content (AvgIpc) is 2.44. The van der Waals surface area contributed by atoms with Crippen molar-refractivity contribution in [2.24, 2.45) is 0 Å². The number of halogens is 5. The summed E-state index contributed by atoms with van der Waals surface area (Å²) in [6.07, 6.45) is -4.41. The molecular formula is C15H11Cl2F3N2O. The van der Waals surface area contributed by atoms with Crippen LogP contribution in [0.25, 0.3) is 0 Å². The first-order chi connectivity index (χ1) is 10.7. The Bertz CT molecular complexity index is 683. The summed E-state index contributed by atoms with van der Waals surface area (Å²) in [5.74, 6) is -0.416. The minimum absolute atomic E-state index is 0.0856. The molecule has 8 heteroatoms. The zero-order valence-corrected chi connectivity index (χ0v) is 13.1. The van der Waals surface area contributed by atoms with E-state index in [4.69, 9.17) is 23.2 Å². The number of alkyl halides is 3. The van der Waals surface area contributed by atoms with E-state index in [0.717, 1.165) is 12.1 Å². The summed E-state index contributed by atoms with van der Waals surface area (Å²) in [5.41, 5.74) is 0.0567. The molecule has 2 rings (SSSR count). The van der Waals surface area contributed by atoms with Crippen LogP contribution in [0.2, 0.25) is 10.0 Å². The van der Waals surface area contributed by atoms with E-state index in [1.807, 2.05) is 0 Å². The molecule has 3 nitrogen and oxygen atoms in total. The molecule has 1 amide bonds. The number of carbonyl (C=O) groups excluding carboxylic acids is 1. The summed E-state index contributed by atoms with van der Waals surface area (Å²) in [4.78, 5) is 11.8. The molecule has 2 aromatic carbocycles. The van der Waals surface area contributed by atoms with Gasteiger partial charge in [-0.1, -0.05) is 23.2 Å². The summed E-state index contributed by atoms with van der Waals surface area (Å²) in [7, 11) is 0. The fourth-order valence-corrected chi connectivity index (χ4v) is 2.31. The van der Waals surface area contributed by atoms with Gasteiger partial charge >= 0.3 is 6.18 Å². The zero-order valence-electron chi connectivity index (χ0n) is 11.5. The SMILES string of the molecule is O=C(CNc1cc(Cl)cc(Cl)c1)Nc1ccc(C(F)(F)F)cc1. The number of amides is 1. The summed E-state index contributed by atoms with van der Waals surface area (Å²) in [6, 6.07) is 8.93. The molecule has 23 heavy (non-hydrogen) atoms. The van der Waals surface area contributed by atoms with Crippen molar-refractivity contribution in [1.29, 1.82) is 0 Å². The van der Waals surface area contributed by atoms with Crippen molar-refractivity contribution in [3.05, 3.63) is 58.1 Å². The molecule has 0 bridgehead atoms. The monoisotopic (exact) mass is 362 g/mol. The van der Waals surface area contributed by atoms with Crippen LogP contribution < -0.4 is 10.6 Å². The second-order valence-electron chi connectivity index (χ2n) is 4.63. The van der Waals surface area contributed by atoms with Crippen molar-refractivity contribution in [1.82, 2.24) is 0 Å². The lowest BCUT2D eigenvalue weighted by molar-refractivity contribution is -0.137. The molecule has 0 heterocycles. The lowest BCUT2D eigenvalue weighted by Gasteiger charge is -2.10. The van der Waals surface area contributed by atoms with E-state index in [0.29, 0.717) is 15.7 Å². The fraction of sp³-hybridized carbons (Fsp3) is 0.133. The zero-order chi connectivity index (χ0) is 17.0. The Balaban J connectivity index is 1.92. The van der Waals surface area contributed by atoms with E-state index in [2.05, 4.69) is 10.6 Å². The highest BCUT2D eigenvalue weighted by Crippen LogP contribution is 2.29. The molecule has 0 aliphatic carbocycles. The highest BCUT2D eigenvalue weighted by Gasteiger charge is 2.29. The van der Waals surface area contributed by atoms with Gasteiger partial charge in [0.25, 0.3) is 0 Å². The van der Waals surface area contributed by atoms with Crippen molar-refractivity contribution >= 4 is 40.5 Å². The van der Waals surface area contributed by atoms with Crippen LogP contribution >= 0.6 is 23.2 Å². The quantitative estimate of drug-likeness (QED) is 0.797. The molecule has 2 N–H and O–H groups in total. The molecule has 2 aromatic rings. The van der Waals surface area contributed by atoms with Crippen molar-refractivity contribution in [3.63, 3.8) is 0 Å². The van der Waals surface area contributed by atoms with Gasteiger partial charge in [0.05, 0.1) is 12.1 Å².